The van der Waals surface area contributed by atoms with E-state index in [2.05, 4.69) is 62.1 Å². The SMILES string of the molecule is CC(C)(C)OC(=O)NC[C@@H]1O[C@H](O[C@H]2[C@@H](O)[C@H](O[C@@H]3[C@@H](O)[C@H](NC(=O)OC(C)(C)C)C[C@H](NC(=O)OC(C)(C)C)[C@H]3O[C@H]3O[C@H](CNC(=O)OC(C)(C)C)[C@@H](O)[C@H](O)[C@H]3NC(=O)OC(C)(C)C)O[C@@H]2CO)[C@H](NC(=O)OC(C)(C)C)[C@@H](n2cc(COC(=O)/C=C3\CC[C@H]4[C@@H]5CC=C6C[C@@H](O)CC[C@]6(C)[C@H]5CC[C@]34C)nn2)[C@@H]1O. The van der Waals surface area contributed by atoms with E-state index in [9.17, 15) is 69.3 Å². The number of aromatic nitrogens is 3. The van der Waals surface area contributed by atoms with Crippen LogP contribution in [0.4, 0.5) is 28.8 Å². The number of ether oxygens (including phenoxy) is 13. The van der Waals surface area contributed by atoms with Crippen molar-refractivity contribution >= 4 is 42.5 Å². The number of nitrogens with zero attached hydrogens (tertiary/aromatic N) is 3. The molecule has 0 aromatic carbocycles. The van der Waals surface area contributed by atoms with Gasteiger partial charge in [0, 0.05) is 19.2 Å². The van der Waals surface area contributed by atoms with Crippen LogP contribution >= 0.6 is 0 Å². The predicted octanol–water partition coefficient (Wildman–Crippen LogP) is 5.27. The van der Waals surface area contributed by atoms with Crippen molar-refractivity contribution in [1.82, 2.24) is 46.9 Å². The van der Waals surface area contributed by atoms with Crippen molar-refractivity contribution in [3.05, 3.63) is 35.2 Å². The van der Waals surface area contributed by atoms with Crippen molar-refractivity contribution in [2.24, 2.45) is 28.6 Å². The Hall–Kier alpha value is -6.81. The summed E-state index contributed by atoms with van der Waals surface area (Å²) in [5.74, 6) is 0.649. The Labute approximate surface area is 660 Å². The Morgan fingerprint density at radius 3 is 1.55 bits per heavy atom. The van der Waals surface area contributed by atoms with Gasteiger partial charge in [0.05, 0.1) is 31.0 Å². The minimum atomic E-state index is -2.12. The van der Waals surface area contributed by atoms with Crippen molar-refractivity contribution in [1.29, 1.82) is 0 Å². The van der Waals surface area contributed by atoms with E-state index < -0.39 is 225 Å². The molecule has 0 unspecified atom stereocenters. The molecule has 0 spiro atoms. The zero-order valence-electron chi connectivity index (χ0n) is 68.8. The maximum absolute atomic E-state index is 14.2. The number of fused-ring (bicyclic) bond motifs is 5. The van der Waals surface area contributed by atoms with E-state index in [1.807, 2.05) is 0 Å². The number of carbonyl (C=O) groups is 7. The third kappa shape index (κ3) is 23.3. The Morgan fingerprint density at radius 1 is 0.531 bits per heavy atom. The molecular weight excluding hydrogens is 1480 g/mol. The third-order valence-electron chi connectivity index (χ3n) is 21.6. The molecule has 9 rings (SSSR count). The van der Waals surface area contributed by atoms with Gasteiger partial charge in [0.2, 0.25) is 0 Å². The van der Waals surface area contributed by atoms with Gasteiger partial charge in [-0.3, -0.25) is 0 Å². The highest BCUT2D eigenvalue weighted by Gasteiger charge is 2.60. The molecule has 36 heteroatoms. The molecule has 13 N–H and O–H groups in total. The van der Waals surface area contributed by atoms with Crippen LogP contribution in [-0.2, 0) is 73.0 Å². The second-order valence-electron chi connectivity index (χ2n) is 37.5. The number of esters is 1. The number of rotatable bonds is 19. The minimum absolute atomic E-state index is 0.0331. The van der Waals surface area contributed by atoms with E-state index in [4.69, 9.17) is 61.6 Å². The minimum Gasteiger partial charge on any atom is -0.456 e. The van der Waals surface area contributed by atoms with Gasteiger partial charge in [0.25, 0.3) is 0 Å². The molecule has 0 radical (unpaired) electrons. The number of allylic oxidation sites excluding steroid dienone is 2. The summed E-state index contributed by atoms with van der Waals surface area (Å²) in [6.07, 6.45) is -21.0. The molecule has 640 valence electrons. The highest BCUT2D eigenvalue weighted by molar-refractivity contribution is 5.83. The number of aliphatic hydroxyl groups excluding tert-OH is 7. The Bertz CT molecular complexity index is 3560. The lowest BCUT2D eigenvalue weighted by atomic mass is 9.48. The summed E-state index contributed by atoms with van der Waals surface area (Å²) in [5, 5.41) is 108. The molecule has 4 saturated carbocycles. The van der Waals surface area contributed by atoms with E-state index in [0.29, 0.717) is 24.2 Å². The molecule has 3 aliphatic heterocycles. The van der Waals surface area contributed by atoms with Crippen molar-refractivity contribution in [2.75, 3.05) is 19.7 Å². The lowest BCUT2D eigenvalue weighted by molar-refractivity contribution is -0.311. The van der Waals surface area contributed by atoms with Crippen molar-refractivity contribution < 1.29 is 131 Å². The molecular formula is C77H125N9O27. The van der Waals surface area contributed by atoms with Crippen LogP contribution in [0.5, 0.6) is 0 Å². The summed E-state index contributed by atoms with van der Waals surface area (Å²) in [4.78, 5) is 96.3. The first-order chi connectivity index (χ1) is 52.2. The van der Waals surface area contributed by atoms with Crippen LogP contribution in [0.1, 0.15) is 208 Å². The van der Waals surface area contributed by atoms with Crippen LogP contribution in [0.2, 0.25) is 0 Å². The molecule has 1 aromatic rings. The second kappa shape index (κ2) is 35.2. The van der Waals surface area contributed by atoms with E-state index in [-0.39, 0.29) is 22.6 Å². The molecule has 113 heavy (non-hydrogen) atoms. The average molecular weight is 1610 g/mol. The number of amides is 6. The maximum atomic E-state index is 14.2. The number of aliphatic hydroxyl groups is 7. The molecule has 25 atom stereocenters. The monoisotopic (exact) mass is 1610 g/mol. The number of alkyl carbamates (subject to hydrolysis) is 6. The molecule has 3 saturated heterocycles. The largest absolute Gasteiger partial charge is 0.456 e. The summed E-state index contributed by atoms with van der Waals surface area (Å²) in [6.45, 7) is 30.8. The maximum Gasteiger partial charge on any atom is 0.408 e. The molecule has 1 aromatic heterocycles. The van der Waals surface area contributed by atoms with E-state index in [1.54, 1.807) is 131 Å². The van der Waals surface area contributed by atoms with Crippen LogP contribution < -0.4 is 31.9 Å². The molecule has 4 heterocycles. The number of carbonyl (C=O) groups excluding carboxylic acids is 7. The predicted molar refractivity (Wildman–Crippen MR) is 398 cm³/mol. The van der Waals surface area contributed by atoms with Crippen molar-refractivity contribution in [3.63, 3.8) is 0 Å². The highest BCUT2D eigenvalue weighted by Crippen LogP contribution is 2.66. The smallest absolute Gasteiger partial charge is 0.408 e. The molecule has 6 amide bonds. The topological polar surface area (TPSA) is 484 Å². The first-order valence-electron chi connectivity index (χ1n) is 39.2. The highest BCUT2D eigenvalue weighted by atomic mass is 16.8. The van der Waals surface area contributed by atoms with Crippen LogP contribution in [0.25, 0.3) is 0 Å². The van der Waals surface area contributed by atoms with Crippen LogP contribution in [0, 0.1) is 28.6 Å². The number of hydrogen-bond donors (Lipinski definition) is 13. The van der Waals surface area contributed by atoms with E-state index >= 15 is 0 Å². The fourth-order valence-corrected chi connectivity index (χ4v) is 16.9. The lowest BCUT2D eigenvalue weighted by Crippen LogP contribution is -2.70. The fourth-order valence-electron chi connectivity index (χ4n) is 16.9. The number of hydrogen-bond acceptors (Lipinski definition) is 29. The summed E-state index contributed by atoms with van der Waals surface area (Å²) < 4.78 is 79.8. The Kier molecular flexibility index (Phi) is 28.0. The average Bonchev–Trinajstić information content (AvgIpc) is 1.65. The van der Waals surface area contributed by atoms with Gasteiger partial charge in [-0.25, -0.2) is 38.2 Å². The first-order valence-corrected chi connectivity index (χ1v) is 39.2. The van der Waals surface area contributed by atoms with Crippen LogP contribution in [0.3, 0.4) is 0 Å². The summed E-state index contributed by atoms with van der Waals surface area (Å²) in [5.41, 5.74) is -4.26. The number of nitrogens with one attached hydrogen (secondary N) is 6. The lowest BCUT2D eigenvalue weighted by Gasteiger charge is -2.57. The van der Waals surface area contributed by atoms with E-state index in [1.165, 1.54) is 16.5 Å². The van der Waals surface area contributed by atoms with Crippen LogP contribution in [0.15, 0.2) is 29.5 Å². The van der Waals surface area contributed by atoms with Crippen LogP contribution in [-0.4, -0.2) is 263 Å². The zero-order chi connectivity index (χ0) is 83.8. The second-order valence-corrected chi connectivity index (χ2v) is 37.5. The zero-order valence-corrected chi connectivity index (χ0v) is 68.8. The van der Waals surface area contributed by atoms with Gasteiger partial charge in [-0.15, -0.1) is 5.10 Å². The normalized spacial score (nSPS) is 35.9. The van der Waals surface area contributed by atoms with Gasteiger partial charge in [-0.1, -0.05) is 36.3 Å². The van der Waals surface area contributed by atoms with Gasteiger partial charge in [0.1, 0.15) is 131 Å². The van der Waals surface area contributed by atoms with Gasteiger partial charge < -0.3 is 129 Å². The third-order valence-corrected chi connectivity index (χ3v) is 21.6. The standard InChI is InChI=1S/C77H125N9O27/c1-70(2,3)108-64(95)78-32-46-54(91)52(86-34-39(84-85-86)36-101-49(89)30-38-22-24-42-41-23-21-37-29-40(88)25-27-76(37,19)43(41)26-28-77(38,42)20)50(82-68(99)112-74(13,14)15)61(102-46)106-59-48(35-87)104-63(57(59)94)107-60-53(90)44(80-66(97)110-72(7,8)9)31-45(81-67(98)111-73(10,11)12)58(60)105-62-51(83-69(100)113-75(16,17)18)56(93)55(92)47(103-62)33-79-65(96)109-71(4,5)6/h21,30,34,40-48,50-63,87-88,90-94H,22-29,31-33,35-36H2,1-20H3,(H,78,95)(H,79,96)(H,80,97)(H,81,98)(H,82,99)(H,83,100)/b38-30+/t40-,41-,42-,43-,44+,45-,46-,47+,48+,50+,51+,52+,53-,54+,55+,56+,57+,58+,59+,60+,61+,62+,63-,76-,77+/m0/s1. The quantitative estimate of drug-likeness (QED) is 0.0363. The van der Waals surface area contributed by atoms with Gasteiger partial charge in [0.15, 0.2) is 18.9 Å². The molecule has 7 fully saturated rings. The van der Waals surface area contributed by atoms with Gasteiger partial charge >= 0.3 is 42.5 Å². The van der Waals surface area contributed by atoms with Gasteiger partial charge in [-0.05, 0) is 211 Å². The molecule has 8 aliphatic rings. The molecule has 36 nitrogen and oxygen atoms in total. The van der Waals surface area contributed by atoms with Gasteiger partial charge in [-0.2, -0.15) is 0 Å². The Balaban J connectivity index is 1.04. The first kappa shape index (κ1) is 90.1. The Morgan fingerprint density at radius 2 is 1.00 bits per heavy atom. The fraction of sp³-hybridized carbons (Fsp3) is 0.831. The summed E-state index contributed by atoms with van der Waals surface area (Å²) >= 11 is 0. The van der Waals surface area contributed by atoms with Crippen molar-refractivity contribution in [2.45, 2.75) is 359 Å². The summed E-state index contributed by atoms with van der Waals surface area (Å²) in [6, 6.07) is -7.98. The molecule has 5 aliphatic carbocycles. The summed E-state index contributed by atoms with van der Waals surface area (Å²) in [7, 11) is 0. The van der Waals surface area contributed by atoms with Crippen molar-refractivity contribution in [3.8, 4) is 0 Å². The molecule has 0 bridgehead atoms. The van der Waals surface area contributed by atoms with E-state index in [0.717, 1.165) is 50.5 Å².